The highest BCUT2D eigenvalue weighted by Gasteiger charge is 2.46. The van der Waals surface area contributed by atoms with Crippen LogP contribution in [0, 0.1) is 11.6 Å². The van der Waals surface area contributed by atoms with Gasteiger partial charge in [0.15, 0.2) is 0 Å². The molecule has 4 unspecified atom stereocenters. The molecule has 4 aromatic carbocycles. The van der Waals surface area contributed by atoms with E-state index >= 15 is 0 Å². The first kappa shape index (κ1) is 41.3. The fraction of sp³-hybridized carbons (Fsp3) is 0.341. The molecule has 318 valence electrons. The summed E-state index contributed by atoms with van der Waals surface area (Å²) >= 11 is 0. The van der Waals surface area contributed by atoms with E-state index in [0.29, 0.717) is 17.9 Å². The fourth-order valence-electron chi connectivity index (χ4n) is 7.56. The van der Waals surface area contributed by atoms with E-state index in [1.165, 1.54) is 45.0 Å². The molecule has 4 heterocycles. The molecule has 2 aromatic heterocycles. The SMILES string of the molecule is CC(OC(=O)[C@@H](N)Cc1ccccc1)C(C)n1ncn(-c2ccc(N3CCN(c4ccc(OCC5COC(Cn6cncn6)(c6ccc(F)cc6F)O5)cc4)CC3)cc2)c1=O. The number of aromatic nitrogens is 6. The second kappa shape index (κ2) is 18.0. The zero-order valence-corrected chi connectivity index (χ0v) is 33.8. The van der Waals surface area contributed by atoms with Crippen LogP contribution < -0.4 is 26.0 Å². The first-order valence-corrected chi connectivity index (χ1v) is 20.1. The smallest absolute Gasteiger partial charge is 0.350 e. The van der Waals surface area contributed by atoms with Crippen LogP contribution in [-0.2, 0) is 37.8 Å². The Labute approximate surface area is 350 Å². The molecule has 0 amide bonds. The Morgan fingerprint density at radius 3 is 2.21 bits per heavy atom. The van der Waals surface area contributed by atoms with E-state index in [4.69, 9.17) is 24.7 Å². The van der Waals surface area contributed by atoms with Gasteiger partial charge in [-0.25, -0.2) is 32.5 Å². The number of rotatable bonds is 15. The lowest BCUT2D eigenvalue weighted by molar-refractivity contribution is -0.192. The molecule has 17 heteroatoms. The van der Waals surface area contributed by atoms with E-state index in [-0.39, 0.29) is 31.0 Å². The van der Waals surface area contributed by atoms with Crippen LogP contribution in [-0.4, -0.2) is 92.7 Å². The maximum atomic E-state index is 14.9. The molecule has 2 aliphatic rings. The van der Waals surface area contributed by atoms with Gasteiger partial charge in [0.05, 0.1) is 18.3 Å². The summed E-state index contributed by atoms with van der Waals surface area (Å²) in [4.78, 5) is 34.7. The summed E-state index contributed by atoms with van der Waals surface area (Å²) in [5, 5.41) is 8.44. The Bertz CT molecular complexity index is 2440. The minimum absolute atomic E-state index is 0.0156. The van der Waals surface area contributed by atoms with Crippen molar-refractivity contribution in [1.29, 1.82) is 0 Å². The van der Waals surface area contributed by atoms with Gasteiger partial charge in [0.25, 0.3) is 0 Å². The van der Waals surface area contributed by atoms with E-state index < -0.39 is 47.7 Å². The van der Waals surface area contributed by atoms with Gasteiger partial charge < -0.3 is 34.5 Å². The second-order valence-corrected chi connectivity index (χ2v) is 15.2. The minimum atomic E-state index is -1.53. The third-order valence-corrected chi connectivity index (χ3v) is 11.1. The van der Waals surface area contributed by atoms with E-state index in [1.807, 2.05) is 78.9 Å². The molecule has 0 saturated carbocycles. The number of ether oxygens (including phenoxy) is 4. The second-order valence-electron chi connectivity index (χ2n) is 15.2. The Kier molecular flexibility index (Phi) is 12.2. The van der Waals surface area contributed by atoms with E-state index in [9.17, 15) is 18.4 Å². The van der Waals surface area contributed by atoms with E-state index in [2.05, 4.69) is 25.0 Å². The lowest BCUT2D eigenvalue weighted by atomic mass is 10.0. The molecule has 0 spiro atoms. The monoisotopic (exact) mass is 835 g/mol. The molecular formula is C44H47F2N9O6. The van der Waals surface area contributed by atoms with E-state index in [1.54, 1.807) is 13.8 Å². The number of benzene rings is 4. The van der Waals surface area contributed by atoms with Crippen LogP contribution in [0.15, 0.2) is 121 Å². The highest BCUT2D eigenvalue weighted by atomic mass is 19.1. The lowest BCUT2D eigenvalue weighted by Gasteiger charge is -2.37. The van der Waals surface area contributed by atoms with E-state index in [0.717, 1.165) is 49.2 Å². The van der Waals surface area contributed by atoms with Gasteiger partial charge in [-0.15, -0.1) is 0 Å². The lowest BCUT2D eigenvalue weighted by Crippen LogP contribution is -2.46. The standard InChI is InChI=1S/C44H47F2N9O6/c1-30(31(2)60-42(56)41(47)22-32-6-4-3-5-7-32)55-43(57)54(29-50-55)36-11-9-34(10-12-36)51-18-20-52(21-19-51)35-13-15-37(16-14-35)58-24-38-25-59-44(61-38,26-53-28-48-27-49-53)39-17-8-33(45)23-40(39)46/h3-17,23,27-31,38,41H,18-22,24-26,47H2,1-2H3/t30?,31?,38?,41-,44?/m0/s1. The molecule has 0 aliphatic carbocycles. The predicted octanol–water partition coefficient (Wildman–Crippen LogP) is 4.64. The number of nitrogens with zero attached hydrogens (tertiary/aromatic N) is 8. The Morgan fingerprint density at radius 2 is 1.56 bits per heavy atom. The maximum Gasteiger partial charge on any atom is 0.350 e. The van der Waals surface area contributed by atoms with Gasteiger partial charge in [-0.05, 0) is 86.5 Å². The summed E-state index contributed by atoms with van der Waals surface area (Å²) < 4.78 is 56.9. The molecule has 8 rings (SSSR count). The van der Waals surface area contributed by atoms with Gasteiger partial charge in [-0.2, -0.15) is 10.2 Å². The average Bonchev–Trinajstić information content (AvgIpc) is 4.04. The van der Waals surface area contributed by atoms with Crippen molar-refractivity contribution in [3.05, 3.63) is 149 Å². The van der Waals surface area contributed by atoms with Crippen molar-refractivity contribution >= 4 is 17.3 Å². The molecule has 0 radical (unpaired) electrons. The zero-order valence-electron chi connectivity index (χ0n) is 33.8. The summed E-state index contributed by atoms with van der Waals surface area (Å²) in [6.45, 7) is 6.99. The van der Waals surface area contributed by atoms with Crippen LogP contribution in [0.3, 0.4) is 0 Å². The molecule has 2 N–H and O–H groups in total. The quantitative estimate of drug-likeness (QED) is 0.143. The number of anilines is 2. The van der Waals surface area contributed by atoms with Crippen molar-refractivity contribution in [2.75, 3.05) is 49.2 Å². The van der Waals surface area contributed by atoms with Crippen LogP contribution >= 0.6 is 0 Å². The highest BCUT2D eigenvalue weighted by molar-refractivity contribution is 5.76. The molecule has 6 aromatic rings. The summed E-state index contributed by atoms with van der Waals surface area (Å²) in [5.41, 5.74) is 9.54. The van der Waals surface area contributed by atoms with Gasteiger partial charge in [0.1, 0.15) is 67.8 Å². The molecule has 2 saturated heterocycles. The fourth-order valence-corrected chi connectivity index (χ4v) is 7.56. The van der Waals surface area contributed by atoms with Gasteiger partial charge in [0, 0.05) is 49.2 Å². The van der Waals surface area contributed by atoms with Crippen molar-refractivity contribution in [2.45, 2.75) is 56.9 Å². The number of carbonyl (C=O) groups is 1. The highest BCUT2D eigenvalue weighted by Crippen LogP contribution is 2.38. The van der Waals surface area contributed by atoms with Crippen molar-refractivity contribution in [3.8, 4) is 11.4 Å². The van der Waals surface area contributed by atoms with Crippen LogP contribution in [0.5, 0.6) is 5.75 Å². The van der Waals surface area contributed by atoms with Crippen molar-refractivity contribution in [1.82, 2.24) is 29.1 Å². The third-order valence-electron chi connectivity index (χ3n) is 11.1. The summed E-state index contributed by atoms with van der Waals surface area (Å²) in [6.07, 6.45) is 3.49. The van der Waals surface area contributed by atoms with Crippen molar-refractivity contribution in [2.24, 2.45) is 5.73 Å². The topological polar surface area (TPSA) is 157 Å². The van der Waals surface area contributed by atoms with Crippen molar-refractivity contribution < 1.29 is 32.5 Å². The van der Waals surface area contributed by atoms with Crippen LogP contribution in [0.4, 0.5) is 20.2 Å². The van der Waals surface area contributed by atoms with Crippen LogP contribution in [0.1, 0.15) is 31.0 Å². The largest absolute Gasteiger partial charge is 0.491 e. The van der Waals surface area contributed by atoms with Crippen molar-refractivity contribution in [3.63, 3.8) is 0 Å². The molecule has 5 atom stereocenters. The number of hydrogen-bond acceptors (Lipinski definition) is 12. The zero-order chi connectivity index (χ0) is 42.5. The number of piperazine rings is 1. The molecule has 15 nitrogen and oxygen atoms in total. The normalized spacial score (nSPS) is 19.4. The Balaban J connectivity index is 0.813. The molecule has 2 fully saturated rings. The molecule has 0 bridgehead atoms. The molecule has 2 aliphatic heterocycles. The minimum Gasteiger partial charge on any atom is -0.491 e. The summed E-state index contributed by atoms with van der Waals surface area (Å²) in [6, 6.07) is 27.0. The number of halogens is 2. The first-order valence-electron chi connectivity index (χ1n) is 20.1. The van der Waals surface area contributed by atoms with Crippen LogP contribution in [0.25, 0.3) is 5.69 Å². The maximum absolute atomic E-state index is 14.9. The van der Waals surface area contributed by atoms with Gasteiger partial charge >= 0.3 is 11.7 Å². The van der Waals surface area contributed by atoms with Gasteiger partial charge in [0.2, 0.25) is 5.79 Å². The van der Waals surface area contributed by atoms with Crippen LogP contribution in [0.2, 0.25) is 0 Å². The summed E-state index contributed by atoms with van der Waals surface area (Å²) in [5.74, 6) is -2.91. The Morgan fingerprint density at radius 1 is 0.885 bits per heavy atom. The number of esters is 1. The summed E-state index contributed by atoms with van der Waals surface area (Å²) in [7, 11) is 0. The third kappa shape index (κ3) is 9.33. The molecular weight excluding hydrogens is 789 g/mol. The molecule has 61 heavy (non-hydrogen) atoms. The van der Waals surface area contributed by atoms with Gasteiger partial charge in [-0.1, -0.05) is 30.3 Å². The Hall–Kier alpha value is -6.43. The van der Waals surface area contributed by atoms with Gasteiger partial charge in [-0.3, -0.25) is 4.79 Å². The first-order chi connectivity index (χ1) is 29.5. The predicted molar refractivity (Wildman–Crippen MR) is 221 cm³/mol. The number of nitrogens with two attached hydrogens (primary N) is 1. The average molecular weight is 836 g/mol. The number of hydrogen-bond donors (Lipinski definition) is 1. The number of carbonyl (C=O) groups excluding carboxylic acids is 1.